The van der Waals surface area contributed by atoms with Crippen LogP contribution in [0.5, 0.6) is 5.75 Å². The molecule has 0 spiro atoms. The summed E-state index contributed by atoms with van der Waals surface area (Å²) in [4.78, 5) is 22.8. The van der Waals surface area contributed by atoms with E-state index in [1.54, 1.807) is 48.5 Å². The number of carbonyl (C=O) groups excluding carboxylic acids is 2. The molecule has 1 aliphatic rings. The number of sulfone groups is 1. The van der Waals surface area contributed by atoms with Gasteiger partial charge in [-0.3, -0.25) is 9.59 Å². The molecular weight excluding hydrogens is 396 g/mol. The molecule has 1 aliphatic heterocycles. The van der Waals surface area contributed by atoms with Gasteiger partial charge in [-0.2, -0.15) is 0 Å². The van der Waals surface area contributed by atoms with Crippen LogP contribution in [-0.4, -0.2) is 51.0 Å². The summed E-state index contributed by atoms with van der Waals surface area (Å²) < 4.78 is 37.4. The first-order valence-electron chi connectivity index (χ1n) is 8.94. The standard InChI is InChI=1S/C20H22N2O6S/c1-14(27-2)20(29(25,26)16-11-7-4-8-12-16)18(19(24)22-20)21-17(23)13-28-15-9-5-3-6-10-15/h3-12,14,18H,13H2,1-2H3,(H,21,23)(H,22,24)/t14?,18-,20+/m1/s1. The van der Waals surface area contributed by atoms with Crippen molar-refractivity contribution in [3.05, 3.63) is 60.7 Å². The molecule has 2 N–H and O–H groups in total. The van der Waals surface area contributed by atoms with Crippen LogP contribution in [0, 0.1) is 0 Å². The maximum absolute atomic E-state index is 13.4. The predicted octanol–water partition coefficient (Wildman–Crippen LogP) is 0.885. The van der Waals surface area contributed by atoms with E-state index in [4.69, 9.17) is 9.47 Å². The summed E-state index contributed by atoms with van der Waals surface area (Å²) in [6.45, 7) is 1.16. The minimum atomic E-state index is -4.08. The monoisotopic (exact) mass is 418 g/mol. The molecule has 3 atom stereocenters. The van der Waals surface area contributed by atoms with Gasteiger partial charge in [0.1, 0.15) is 11.8 Å². The largest absolute Gasteiger partial charge is 0.484 e. The lowest BCUT2D eigenvalue weighted by atomic mass is 9.93. The van der Waals surface area contributed by atoms with Crippen LogP contribution >= 0.6 is 0 Å². The minimum Gasteiger partial charge on any atom is -0.484 e. The Morgan fingerprint density at radius 1 is 1.14 bits per heavy atom. The first-order chi connectivity index (χ1) is 13.8. The zero-order valence-corrected chi connectivity index (χ0v) is 16.8. The van der Waals surface area contributed by atoms with Gasteiger partial charge in [-0.05, 0) is 31.2 Å². The maximum Gasteiger partial charge on any atom is 0.258 e. The molecule has 8 nitrogen and oxygen atoms in total. The Morgan fingerprint density at radius 2 is 1.72 bits per heavy atom. The Bertz CT molecular complexity index is 981. The molecule has 29 heavy (non-hydrogen) atoms. The molecule has 0 bridgehead atoms. The third kappa shape index (κ3) is 3.70. The van der Waals surface area contributed by atoms with Crippen LogP contribution in [0.1, 0.15) is 6.92 Å². The van der Waals surface area contributed by atoms with E-state index in [9.17, 15) is 18.0 Å². The Labute approximate surface area is 169 Å². The average molecular weight is 418 g/mol. The highest BCUT2D eigenvalue weighted by atomic mass is 32.2. The number of hydrogen-bond donors (Lipinski definition) is 2. The van der Waals surface area contributed by atoms with E-state index >= 15 is 0 Å². The van der Waals surface area contributed by atoms with Crippen LogP contribution in [-0.2, 0) is 24.2 Å². The number of hydrogen-bond acceptors (Lipinski definition) is 6. The smallest absolute Gasteiger partial charge is 0.258 e. The zero-order chi connectivity index (χ0) is 21.1. The van der Waals surface area contributed by atoms with Crippen molar-refractivity contribution in [1.82, 2.24) is 10.6 Å². The topological polar surface area (TPSA) is 111 Å². The molecule has 154 valence electrons. The van der Waals surface area contributed by atoms with Crippen molar-refractivity contribution < 1.29 is 27.5 Å². The quantitative estimate of drug-likeness (QED) is 0.616. The Morgan fingerprint density at radius 3 is 2.28 bits per heavy atom. The molecule has 9 heteroatoms. The number of rotatable bonds is 8. The number of carbonyl (C=O) groups is 2. The van der Waals surface area contributed by atoms with Gasteiger partial charge in [0.05, 0.1) is 11.0 Å². The van der Waals surface area contributed by atoms with Gasteiger partial charge in [-0.25, -0.2) is 8.42 Å². The molecule has 1 fully saturated rings. The molecule has 0 radical (unpaired) electrons. The molecule has 0 aliphatic carbocycles. The van der Waals surface area contributed by atoms with E-state index in [0.29, 0.717) is 5.75 Å². The maximum atomic E-state index is 13.4. The molecular formula is C20H22N2O6S. The highest BCUT2D eigenvalue weighted by Crippen LogP contribution is 2.37. The van der Waals surface area contributed by atoms with Gasteiger partial charge >= 0.3 is 0 Å². The highest BCUT2D eigenvalue weighted by Gasteiger charge is 2.66. The summed E-state index contributed by atoms with van der Waals surface area (Å²) in [6, 6.07) is 15.1. The molecule has 1 saturated heterocycles. The fourth-order valence-corrected chi connectivity index (χ4v) is 5.39. The van der Waals surface area contributed by atoms with Crippen LogP contribution < -0.4 is 15.4 Å². The number of amides is 2. The van der Waals surface area contributed by atoms with E-state index in [1.807, 2.05) is 0 Å². The number of para-hydroxylation sites is 1. The summed E-state index contributed by atoms with van der Waals surface area (Å²) in [5, 5.41) is 4.95. The van der Waals surface area contributed by atoms with Gasteiger partial charge in [0.15, 0.2) is 6.61 Å². The van der Waals surface area contributed by atoms with Crippen molar-refractivity contribution in [1.29, 1.82) is 0 Å². The lowest BCUT2D eigenvalue weighted by Crippen LogP contribution is -2.84. The van der Waals surface area contributed by atoms with Crippen molar-refractivity contribution in [2.24, 2.45) is 0 Å². The second-order valence-electron chi connectivity index (χ2n) is 6.58. The fraction of sp³-hybridized carbons (Fsp3) is 0.300. The lowest BCUT2D eigenvalue weighted by Gasteiger charge is -2.50. The molecule has 2 aromatic carbocycles. The molecule has 1 heterocycles. The van der Waals surface area contributed by atoms with Gasteiger partial charge in [-0.1, -0.05) is 36.4 Å². The van der Waals surface area contributed by atoms with Gasteiger partial charge in [0.2, 0.25) is 20.6 Å². The Hall–Kier alpha value is -2.91. The summed E-state index contributed by atoms with van der Waals surface area (Å²) in [5.41, 5.74) is 0. The number of methoxy groups -OCH3 is 1. The number of ether oxygens (including phenoxy) is 2. The SMILES string of the molecule is COC(C)[C@@]1(S(=O)(=O)c2ccccc2)NC(=O)[C@H]1NC(=O)COc1ccccc1. The third-order valence-electron chi connectivity index (χ3n) is 4.88. The van der Waals surface area contributed by atoms with Crippen molar-refractivity contribution >= 4 is 21.7 Å². The van der Waals surface area contributed by atoms with Crippen molar-refractivity contribution in [2.45, 2.75) is 28.8 Å². The summed E-state index contributed by atoms with van der Waals surface area (Å²) >= 11 is 0. The van der Waals surface area contributed by atoms with Gasteiger partial charge in [0, 0.05) is 7.11 Å². The predicted molar refractivity (Wildman–Crippen MR) is 105 cm³/mol. The third-order valence-corrected chi connectivity index (χ3v) is 7.34. The van der Waals surface area contributed by atoms with Gasteiger partial charge in [-0.15, -0.1) is 0 Å². The highest BCUT2D eigenvalue weighted by molar-refractivity contribution is 7.93. The normalized spacial score (nSPS) is 22.1. The van der Waals surface area contributed by atoms with E-state index in [2.05, 4.69) is 10.6 Å². The Balaban J connectivity index is 1.84. The van der Waals surface area contributed by atoms with Crippen LogP contribution in [0.3, 0.4) is 0 Å². The summed E-state index contributed by atoms with van der Waals surface area (Å²) in [7, 11) is -2.74. The Kier molecular flexibility index (Phi) is 5.90. The van der Waals surface area contributed by atoms with Crippen LogP contribution in [0.2, 0.25) is 0 Å². The van der Waals surface area contributed by atoms with E-state index in [0.717, 1.165) is 0 Å². The van der Waals surface area contributed by atoms with E-state index in [-0.39, 0.29) is 11.5 Å². The van der Waals surface area contributed by atoms with Gasteiger partial charge < -0.3 is 20.1 Å². The van der Waals surface area contributed by atoms with Crippen molar-refractivity contribution in [2.75, 3.05) is 13.7 Å². The van der Waals surface area contributed by atoms with Crippen molar-refractivity contribution in [3.8, 4) is 5.75 Å². The van der Waals surface area contributed by atoms with Crippen LogP contribution in [0.15, 0.2) is 65.6 Å². The number of benzene rings is 2. The molecule has 2 aromatic rings. The number of β-lactam (4-membered cyclic amide) rings is 1. The molecule has 0 aromatic heterocycles. The van der Waals surface area contributed by atoms with Crippen LogP contribution in [0.4, 0.5) is 0 Å². The van der Waals surface area contributed by atoms with Crippen molar-refractivity contribution in [3.63, 3.8) is 0 Å². The fourth-order valence-electron chi connectivity index (χ4n) is 3.24. The molecule has 2 amide bonds. The summed E-state index contributed by atoms with van der Waals surface area (Å²) in [5.74, 6) is -0.750. The average Bonchev–Trinajstić information content (AvgIpc) is 2.74. The zero-order valence-electron chi connectivity index (χ0n) is 16.0. The van der Waals surface area contributed by atoms with E-state index in [1.165, 1.54) is 26.2 Å². The van der Waals surface area contributed by atoms with E-state index < -0.39 is 38.7 Å². The first kappa shape index (κ1) is 20.8. The minimum absolute atomic E-state index is 0.0173. The molecule has 0 saturated carbocycles. The number of nitrogens with one attached hydrogen (secondary N) is 2. The van der Waals surface area contributed by atoms with Gasteiger partial charge in [0.25, 0.3) is 5.91 Å². The summed E-state index contributed by atoms with van der Waals surface area (Å²) in [6.07, 6.45) is -0.925. The first-order valence-corrected chi connectivity index (χ1v) is 10.4. The molecule has 3 rings (SSSR count). The van der Waals surface area contributed by atoms with Crippen LogP contribution in [0.25, 0.3) is 0 Å². The lowest BCUT2D eigenvalue weighted by molar-refractivity contribution is -0.142. The second-order valence-corrected chi connectivity index (χ2v) is 8.73. The second kappa shape index (κ2) is 8.22. The molecule has 1 unspecified atom stereocenters.